The zero-order valence-electron chi connectivity index (χ0n) is 8.51. The highest BCUT2D eigenvalue weighted by molar-refractivity contribution is 4.81. The van der Waals surface area contributed by atoms with E-state index in [9.17, 15) is 5.11 Å². The van der Waals surface area contributed by atoms with Crippen molar-refractivity contribution < 1.29 is 9.84 Å². The average Bonchev–Trinajstić information content (AvgIpc) is 2.14. The fourth-order valence-corrected chi connectivity index (χ4v) is 1.79. The van der Waals surface area contributed by atoms with E-state index in [0.29, 0.717) is 13.2 Å². The quantitative estimate of drug-likeness (QED) is 0.629. The Morgan fingerprint density at radius 1 is 1.31 bits per heavy atom. The summed E-state index contributed by atoms with van der Waals surface area (Å²) in [7, 11) is 1.90. The van der Waals surface area contributed by atoms with Gasteiger partial charge in [-0.15, -0.1) is 0 Å². The molecule has 1 fully saturated rings. The zero-order chi connectivity index (χ0) is 9.57. The van der Waals surface area contributed by atoms with E-state index in [1.54, 1.807) is 0 Å². The van der Waals surface area contributed by atoms with E-state index in [1.807, 2.05) is 7.05 Å². The van der Waals surface area contributed by atoms with E-state index < -0.39 is 5.60 Å². The molecule has 1 aliphatic carbocycles. The Morgan fingerprint density at radius 2 is 2.00 bits per heavy atom. The van der Waals surface area contributed by atoms with E-state index in [1.165, 1.54) is 6.42 Å². The Hall–Kier alpha value is -0.120. The summed E-state index contributed by atoms with van der Waals surface area (Å²) in [6.45, 7) is 2.06. The molecule has 0 aliphatic heterocycles. The first-order valence-corrected chi connectivity index (χ1v) is 5.22. The number of nitrogens with one attached hydrogen (secondary N) is 1. The molecule has 0 aromatic rings. The van der Waals surface area contributed by atoms with Crippen molar-refractivity contribution in [3.8, 4) is 0 Å². The molecule has 1 saturated carbocycles. The fourth-order valence-electron chi connectivity index (χ4n) is 1.79. The number of rotatable bonds is 5. The monoisotopic (exact) mass is 187 g/mol. The van der Waals surface area contributed by atoms with E-state index in [4.69, 9.17) is 4.74 Å². The molecule has 78 valence electrons. The maximum absolute atomic E-state index is 10.0. The molecule has 2 N–H and O–H groups in total. The molecule has 3 nitrogen and oxygen atoms in total. The third-order valence-corrected chi connectivity index (χ3v) is 2.65. The number of likely N-dealkylation sites (N-methyl/N-ethyl adjacent to an activating group) is 1. The lowest BCUT2D eigenvalue weighted by Gasteiger charge is -2.31. The van der Waals surface area contributed by atoms with Gasteiger partial charge in [0.05, 0.1) is 18.8 Å². The van der Waals surface area contributed by atoms with Crippen LogP contribution >= 0.6 is 0 Å². The first-order chi connectivity index (χ1) is 6.27. The number of ether oxygens (including phenoxy) is 1. The van der Waals surface area contributed by atoms with Crippen LogP contribution in [-0.2, 0) is 4.74 Å². The van der Waals surface area contributed by atoms with Gasteiger partial charge in [-0.25, -0.2) is 0 Å². The molecule has 0 amide bonds. The van der Waals surface area contributed by atoms with Crippen molar-refractivity contribution in [3.63, 3.8) is 0 Å². The van der Waals surface area contributed by atoms with E-state index in [0.717, 1.165) is 32.2 Å². The summed E-state index contributed by atoms with van der Waals surface area (Å²) in [5.74, 6) is 0. The van der Waals surface area contributed by atoms with Gasteiger partial charge in [0.1, 0.15) is 0 Å². The van der Waals surface area contributed by atoms with Crippen LogP contribution in [0.15, 0.2) is 0 Å². The molecule has 0 aromatic heterocycles. The topological polar surface area (TPSA) is 41.5 Å². The third-order valence-electron chi connectivity index (χ3n) is 2.65. The van der Waals surface area contributed by atoms with Crippen molar-refractivity contribution in [2.24, 2.45) is 0 Å². The normalized spacial score (nSPS) is 21.7. The molecule has 3 heteroatoms. The largest absolute Gasteiger partial charge is 0.387 e. The minimum absolute atomic E-state index is 0.509. The van der Waals surface area contributed by atoms with Crippen LogP contribution in [0.4, 0.5) is 0 Å². The zero-order valence-corrected chi connectivity index (χ0v) is 8.51. The maximum atomic E-state index is 10.0. The van der Waals surface area contributed by atoms with E-state index in [-0.39, 0.29) is 0 Å². The van der Waals surface area contributed by atoms with Crippen molar-refractivity contribution in [3.05, 3.63) is 0 Å². The average molecular weight is 187 g/mol. The molecule has 0 unspecified atom stereocenters. The van der Waals surface area contributed by atoms with Gasteiger partial charge in [0.2, 0.25) is 0 Å². The van der Waals surface area contributed by atoms with Gasteiger partial charge in [-0.2, -0.15) is 0 Å². The van der Waals surface area contributed by atoms with Gasteiger partial charge in [0.25, 0.3) is 0 Å². The van der Waals surface area contributed by atoms with Crippen LogP contribution < -0.4 is 5.32 Å². The van der Waals surface area contributed by atoms with Crippen LogP contribution in [0.1, 0.15) is 32.1 Å². The second-order valence-electron chi connectivity index (χ2n) is 3.94. The summed E-state index contributed by atoms with van der Waals surface area (Å²) < 4.78 is 5.40. The molecule has 0 heterocycles. The van der Waals surface area contributed by atoms with Gasteiger partial charge >= 0.3 is 0 Å². The predicted octanol–water partition coefficient (Wildman–Crippen LogP) is 0.918. The molecule has 0 bridgehead atoms. The molecular weight excluding hydrogens is 166 g/mol. The molecule has 0 aromatic carbocycles. The van der Waals surface area contributed by atoms with Crippen LogP contribution in [0, 0.1) is 0 Å². The Morgan fingerprint density at radius 3 is 2.62 bits per heavy atom. The van der Waals surface area contributed by atoms with Crippen molar-refractivity contribution in [2.45, 2.75) is 37.7 Å². The lowest BCUT2D eigenvalue weighted by Crippen LogP contribution is -2.37. The minimum atomic E-state index is -0.522. The van der Waals surface area contributed by atoms with Crippen molar-refractivity contribution in [1.29, 1.82) is 0 Å². The maximum Gasteiger partial charge on any atom is 0.0880 e. The lowest BCUT2D eigenvalue weighted by atomic mass is 9.86. The highest BCUT2D eigenvalue weighted by Crippen LogP contribution is 2.27. The van der Waals surface area contributed by atoms with E-state index in [2.05, 4.69) is 5.32 Å². The minimum Gasteiger partial charge on any atom is -0.387 e. The highest BCUT2D eigenvalue weighted by Gasteiger charge is 2.28. The molecule has 0 atom stereocenters. The Labute approximate surface area is 80.5 Å². The summed E-state index contributed by atoms with van der Waals surface area (Å²) >= 11 is 0. The Kier molecular flexibility index (Phi) is 4.70. The molecule has 0 spiro atoms. The van der Waals surface area contributed by atoms with Crippen LogP contribution in [0.25, 0.3) is 0 Å². The second kappa shape index (κ2) is 5.58. The summed E-state index contributed by atoms with van der Waals surface area (Å²) in [6, 6.07) is 0. The molecule has 1 rings (SSSR count). The molecule has 13 heavy (non-hydrogen) atoms. The van der Waals surface area contributed by atoms with Crippen LogP contribution in [0.3, 0.4) is 0 Å². The van der Waals surface area contributed by atoms with Crippen molar-refractivity contribution in [1.82, 2.24) is 5.32 Å². The second-order valence-corrected chi connectivity index (χ2v) is 3.94. The molecule has 1 aliphatic rings. The van der Waals surface area contributed by atoms with Gasteiger partial charge < -0.3 is 15.2 Å². The number of aliphatic hydroxyl groups is 1. The molecular formula is C10H21NO2. The smallest absolute Gasteiger partial charge is 0.0880 e. The summed E-state index contributed by atoms with van der Waals surface area (Å²) in [4.78, 5) is 0. The number of hydrogen-bond donors (Lipinski definition) is 2. The van der Waals surface area contributed by atoms with Crippen molar-refractivity contribution in [2.75, 3.05) is 26.8 Å². The predicted molar refractivity (Wildman–Crippen MR) is 52.8 cm³/mol. The number of hydrogen-bond acceptors (Lipinski definition) is 3. The van der Waals surface area contributed by atoms with Crippen molar-refractivity contribution >= 4 is 0 Å². The summed E-state index contributed by atoms with van der Waals surface area (Å²) in [5.41, 5.74) is -0.522. The summed E-state index contributed by atoms with van der Waals surface area (Å²) in [6.07, 6.45) is 5.37. The third kappa shape index (κ3) is 4.07. The highest BCUT2D eigenvalue weighted by atomic mass is 16.5. The van der Waals surface area contributed by atoms with Gasteiger partial charge in [-0.1, -0.05) is 19.3 Å². The van der Waals surface area contributed by atoms with Gasteiger partial charge in [-0.05, 0) is 19.9 Å². The van der Waals surface area contributed by atoms with Gasteiger partial charge in [0, 0.05) is 6.54 Å². The first kappa shape index (κ1) is 11.0. The van der Waals surface area contributed by atoms with Crippen LogP contribution in [0.2, 0.25) is 0 Å². The fraction of sp³-hybridized carbons (Fsp3) is 1.00. The molecule has 0 saturated heterocycles. The van der Waals surface area contributed by atoms with Gasteiger partial charge in [0.15, 0.2) is 0 Å². The first-order valence-electron chi connectivity index (χ1n) is 5.22. The Bertz CT molecular complexity index is 133. The standard InChI is InChI=1S/C10H21NO2/c1-11-7-8-13-9-10(12)5-3-2-4-6-10/h11-12H,2-9H2,1H3. The van der Waals surface area contributed by atoms with Crippen LogP contribution in [0.5, 0.6) is 0 Å². The van der Waals surface area contributed by atoms with Gasteiger partial charge in [-0.3, -0.25) is 0 Å². The van der Waals surface area contributed by atoms with Crippen LogP contribution in [-0.4, -0.2) is 37.5 Å². The SMILES string of the molecule is CNCCOCC1(O)CCCCC1. The Balaban J connectivity index is 2.10. The summed E-state index contributed by atoms with van der Waals surface area (Å²) in [5, 5.41) is 13.0. The molecule has 0 radical (unpaired) electrons. The lowest BCUT2D eigenvalue weighted by molar-refractivity contribution is -0.0673. The van der Waals surface area contributed by atoms with E-state index >= 15 is 0 Å².